The number of hydrogen-bond acceptors (Lipinski definition) is 8. The first kappa shape index (κ1) is 26.3. The summed E-state index contributed by atoms with van der Waals surface area (Å²) < 4.78 is 41.3. The first-order chi connectivity index (χ1) is 19.3. The summed E-state index contributed by atoms with van der Waals surface area (Å²) >= 11 is 0. The lowest BCUT2D eigenvalue weighted by Crippen LogP contribution is -2.48. The van der Waals surface area contributed by atoms with Crippen molar-refractivity contribution < 1.29 is 18.3 Å². The molecule has 8 nitrogen and oxygen atoms in total. The topological polar surface area (TPSA) is 75.6 Å². The highest BCUT2D eigenvalue weighted by atomic mass is 19.1. The van der Waals surface area contributed by atoms with Gasteiger partial charge in [0.2, 0.25) is 0 Å². The van der Waals surface area contributed by atoms with Crippen LogP contribution in [0.25, 0.3) is 22.3 Å². The van der Waals surface area contributed by atoms with Gasteiger partial charge in [-0.1, -0.05) is 6.07 Å². The molecule has 0 atom stereocenters. The second-order valence-electron chi connectivity index (χ2n) is 10.8. The van der Waals surface area contributed by atoms with E-state index in [1.54, 1.807) is 6.20 Å². The maximum Gasteiger partial charge on any atom is 0.152 e. The molecule has 5 heterocycles. The molecule has 0 bridgehead atoms. The summed E-state index contributed by atoms with van der Waals surface area (Å²) in [5, 5.41) is 3.74. The van der Waals surface area contributed by atoms with Gasteiger partial charge < -0.3 is 24.6 Å². The first-order valence-electron chi connectivity index (χ1n) is 13.5. The molecule has 0 saturated carbocycles. The molecule has 2 saturated heterocycles. The van der Waals surface area contributed by atoms with Crippen molar-refractivity contribution in [2.75, 3.05) is 61.1 Å². The van der Waals surface area contributed by atoms with Crippen LogP contribution in [0.3, 0.4) is 0 Å². The van der Waals surface area contributed by atoms with Crippen molar-refractivity contribution in [1.29, 1.82) is 0 Å². The molecule has 2 aliphatic rings. The van der Waals surface area contributed by atoms with Crippen LogP contribution in [-0.4, -0.2) is 66.6 Å². The fourth-order valence-electron chi connectivity index (χ4n) is 5.43. The van der Waals surface area contributed by atoms with Crippen LogP contribution in [0.5, 0.6) is 0 Å². The number of nitrogens with zero attached hydrogens (tertiary/aromatic N) is 5. The van der Waals surface area contributed by atoms with Crippen molar-refractivity contribution in [3.8, 4) is 11.4 Å². The molecule has 2 aliphatic heterocycles. The maximum absolute atomic E-state index is 15.5. The molecule has 0 unspecified atom stereocenters. The Morgan fingerprint density at radius 3 is 2.52 bits per heavy atom. The molecule has 6 rings (SSSR count). The third-order valence-corrected chi connectivity index (χ3v) is 7.37. The predicted molar refractivity (Wildman–Crippen MR) is 152 cm³/mol. The maximum atomic E-state index is 15.5. The average molecular weight is 547 g/mol. The lowest BCUT2D eigenvalue weighted by atomic mass is 10.0. The van der Waals surface area contributed by atoms with Crippen molar-refractivity contribution in [2.24, 2.45) is 0 Å². The van der Waals surface area contributed by atoms with Crippen LogP contribution in [-0.2, 0) is 9.47 Å². The van der Waals surface area contributed by atoms with E-state index < -0.39 is 11.6 Å². The first-order valence-corrected chi connectivity index (χ1v) is 13.5. The van der Waals surface area contributed by atoms with Gasteiger partial charge >= 0.3 is 0 Å². The SMILES string of the molecule is Cc1c(-c2ccccn2)nc2cc(F)cc(F)c2c1Nc1cc(N2CCOCC2)cnc1N1CCOC(C)(C)C1. The van der Waals surface area contributed by atoms with E-state index in [4.69, 9.17) is 14.5 Å². The number of morpholine rings is 2. The Bertz CT molecular complexity index is 1540. The summed E-state index contributed by atoms with van der Waals surface area (Å²) in [4.78, 5) is 18.4. The van der Waals surface area contributed by atoms with Crippen LogP contribution in [0.2, 0.25) is 0 Å². The van der Waals surface area contributed by atoms with Gasteiger partial charge in [0, 0.05) is 50.1 Å². The van der Waals surface area contributed by atoms with Crippen LogP contribution in [0.15, 0.2) is 48.8 Å². The molecule has 0 radical (unpaired) electrons. The zero-order chi connectivity index (χ0) is 27.9. The number of hydrogen-bond donors (Lipinski definition) is 1. The molecule has 40 heavy (non-hydrogen) atoms. The quantitative estimate of drug-likeness (QED) is 0.353. The number of nitrogens with one attached hydrogen (secondary N) is 1. The van der Waals surface area contributed by atoms with Crippen molar-refractivity contribution in [2.45, 2.75) is 26.4 Å². The van der Waals surface area contributed by atoms with Crippen LogP contribution in [0.1, 0.15) is 19.4 Å². The van der Waals surface area contributed by atoms with Gasteiger partial charge in [-0.2, -0.15) is 0 Å². The minimum absolute atomic E-state index is 0.206. The van der Waals surface area contributed by atoms with E-state index >= 15 is 4.39 Å². The average Bonchev–Trinajstić information content (AvgIpc) is 2.94. The summed E-state index contributed by atoms with van der Waals surface area (Å²) in [6.45, 7) is 10.6. The van der Waals surface area contributed by atoms with Gasteiger partial charge in [-0.3, -0.25) is 4.98 Å². The summed E-state index contributed by atoms with van der Waals surface area (Å²) in [5.41, 5.74) is 3.87. The fourth-order valence-corrected chi connectivity index (χ4v) is 5.43. The Balaban J connectivity index is 1.53. The van der Waals surface area contributed by atoms with E-state index in [1.165, 1.54) is 6.07 Å². The van der Waals surface area contributed by atoms with E-state index in [-0.39, 0.29) is 16.5 Å². The highest BCUT2D eigenvalue weighted by Crippen LogP contribution is 2.40. The van der Waals surface area contributed by atoms with Crippen molar-refractivity contribution in [1.82, 2.24) is 15.0 Å². The summed E-state index contributed by atoms with van der Waals surface area (Å²) in [7, 11) is 0. The van der Waals surface area contributed by atoms with Gasteiger partial charge in [0.15, 0.2) is 5.82 Å². The van der Waals surface area contributed by atoms with Gasteiger partial charge in [0.1, 0.15) is 11.6 Å². The molecule has 10 heteroatoms. The number of anilines is 4. The molecular formula is C30H32F2N6O2. The normalized spacial score (nSPS) is 17.3. The van der Waals surface area contributed by atoms with Gasteiger partial charge in [0.05, 0.1) is 71.0 Å². The summed E-state index contributed by atoms with van der Waals surface area (Å²) in [6.07, 6.45) is 3.55. The Labute approximate surface area is 232 Å². The number of ether oxygens (including phenoxy) is 2. The second kappa shape index (κ2) is 10.6. The fraction of sp³-hybridized carbons (Fsp3) is 0.367. The minimum atomic E-state index is -0.688. The zero-order valence-electron chi connectivity index (χ0n) is 22.9. The van der Waals surface area contributed by atoms with E-state index in [2.05, 4.69) is 38.9 Å². The largest absolute Gasteiger partial charge is 0.378 e. The van der Waals surface area contributed by atoms with Gasteiger partial charge in [-0.15, -0.1) is 0 Å². The predicted octanol–water partition coefficient (Wildman–Crippen LogP) is 5.47. The van der Waals surface area contributed by atoms with Gasteiger partial charge in [0.25, 0.3) is 0 Å². The number of rotatable bonds is 5. The molecule has 1 N–H and O–H groups in total. The standard InChI is InChI=1S/C30H32F2N6O2/c1-19-27(23-6-4-5-7-33-23)35-24-15-20(31)14-22(32)26(24)28(19)36-25-16-21(37-8-11-39-12-9-37)17-34-29(25)38-10-13-40-30(2,3)18-38/h4-7,14-17H,8-13,18H2,1-3H3,(H,35,36). The van der Waals surface area contributed by atoms with Crippen molar-refractivity contribution in [3.05, 3.63) is 66.0 Å². The van der Waals surface area contributed by atoms with Crippen molar-refractivity contribution >= 4 is 33.8 Å². The lowest BCUT2D eigenvalue weighted by molar-refractivity contribution is -0.0278. The third-order valence-electron chi connectivity index (χ3n) is 7.37. The third kappa shape index (κ3) is 5.16. The van der Waals surface area contributed by atoms with E-state index in [9.17, 15) is 4.39 Å². The van der Waals surface area contributed by atoms with Crippen molar-refractivity contribution in [3.63, 3.8) is 0 Å². The monoisotopic (exact) mass is 546 g/mol. The van der Waals surface area contributed by atoms with Crippen LogP contribution < -0.4 is 15.1 Å². The van der Waals surface area contributed by atoms with E-state index in [0.29, 0.717) is 61.2 Å². The Hall–Kier alpha value is -3.89. The molecule has 0 aliphatic carbocycles. The zero-order valence-corrected chi connectivity index (χ0v) is 22.9. The summed E-state index contributed by atoms with van der Waals surface area (Å²) in [6, 6.07) is 9.70. The second-order valence-corrected chi connectivity index (χ2v) is 10.8. The smallest absolute Gasteiger partial charge is 0.152 e. The Kier molecular flexibility index (Phi) is 6.97. The molecule has 0 spiro atoms. The number of fused-ring (bicyclic) bond motifs is 1. The molecular weight excluding hydrogens is 514 g/mol. The number of benzene rings is 1. The summed E-state index contributed by atoms with van der Waals surface area (Å²) in [5.74, 6) is -0.641. The highest BCUT2D eigenvalue weighted by Gasteiger charge is 2.30. The highest BCUT2D eigenvalue weighted by molar-refractivity contribution is 5.99. The molecule has 0 amide bonds. The Morgan fingerprint density at radius 2 is 1.77 bits per heavy atom. The molecule has 1 aromatic carbocycles. The minimum Gasteiger partial charge on any atom is -0.378 e. The lowest BCUT2D eigenvalue weighted by Gasteiger charge is -2.39. The number of aromatic nitrogens is 3. The van der Waals surface area contributed by atoms with E-state index in [1.807, 2.05) is 37.4 Å². The van der Waals surface area contributed by atoms with Gasteiger partial charge in [-0.25, -0.2) is 18.7 Å². The van der Waals surface area contributed by atoms with Crippen LogP contribution in [0.4, 0.5) is 31.7 Å². The van der Waals surface area contributed by atoms with Crippen LogP contribution >= 0.6 is 0 Å². The number of pyridine rings is 3. The van der Waals surface area contributed by atoms with Gasteiger partial charge in [-0.05, 0) is 39.0 Å². The molecule has 3 aromatic heterocycles. The molecule has 4 aromatic rings. The molecule has 2 fully saturated rings. The molecule has 208 valence electrons. The van der Waals surface area contributed by atoms with Crippen LogP contribution in [0, 0.1) is 18.6 Å². The number of halogens is 2. The Morgan fingerprint density at radius 1 is 0.975 bits per heavy atom. The van der Waals surface area contributed by atoms with E-state index in [0.717, 1.165) is 30.7 Å².